The summed E-state index contributed by atoms with van der Waals surface area (Å²) in [5.41, 5.74) is -0.646. The van der Waals surface area contributed by atoms with Crippen molar-refractivity contribution in [1.29, 1.82) is 0 Å². The first-order chi connectivity index (χ1) is 12.8. The minimum atomic E-state index is -4.58. The smallest absolute Gasteiger partial charge is 0.419 e. The third kappa shape index (κ3) is 4.96. The molecule has 0 saturated carbocycles. The van der Waals surface area contributed by atoms with E-state index in [1.54, 1.807) is 0 Å². The lowest BCUT2D eigenvalue weighted by Gasteiger charge is -2.15. The SMILES string of the molecule is COc1cc(NC(=O)COc2ccccc2C(F)(F)F)cc(OC)c1OC. The van der Waals surface area contributed by atoms with Gasteiger partial charge in [-0.1, -0.05) is 12.1 Å². The highest BCUT2D eigenvalue weighted by Crippen LogP contribution is 2.40. The Morgan fingerprint density at radius 3 is 2.07 bits per heavy atom. The molecular formula is C18H18F3NO5. The van der Waals surface area contributed by atoms with Gasteiger partial charge in [-0.2, -0.15) is 13.2 Å². The zero-order valence-electron chi connectivity index (χ0n) is 14.8. The van der Waals surface area contributed by atoms with Gasteiger partial charge in [0, 0.05) is 17.8 Å². The molecule has 0 fully saturated rings. The Kier molecular flexibility index (Phi) is 6.38. The van der Waals surface area contributed by atoms with Crippen LogP contribution in [0.2, 0.25) is 0 Å². The van der Waals surface area contributed by atoms with Gasteiger partial charge < -0.3 is 24.3 Å². The maximum Gasteiger partial charge on any atom is 0.419 e. The first-order valence-electron chi connectivity index (χ1n) is 7.69. The third-order valence-corrected chi connectivity index (χ3v) is 3.50. The Bertz CT molecular complexity index is 783. The lowest BCUT2D eigenvalue weighted by atomic mass is 10.2. The van der Waals surface area contributed by atoms with E-state index in [1.807, 2.05) is 0 Å². The fraction of sp³-hybridized carbons (Fsp3) is 0.278. The van der Waals surface area contributed by atoms with E-state index < -0.39 is 30.0 Å². The lowest BCUT2D eigenvalue weighted by molar-refractivity contribution is -0.139. The van der Waals surface area contributed by atoms with Crippen molar-refractivity contribution in [2.24, 2.45) is 0 Å². The Morgan fingerprint density at radius 1 is 0.963 bits per heavy atom. The van der Waals surface area contributed by atoms with E-state index in [9.17, 15) is 18.0 Å². The number of methoxy groups -OCH3 is 3. The summed E-state index contributed by atoms with van der Waals surface area (Å²) in [5, 5.41) is 2.51. The zero-order valence-corrected chi connectivity index (χ0v) is 14.8. The highest BCUT2D eigenvalue weighted by molar-refractivity contribution is 5.92. The molecule has 6 nitrogen and oxygen atoms in total. The van der Waals surface area contributed by atoms with Crippen LogP contribution in [0.15, 0.2) is 36.4 Å². The molecule has 1 N–H and O–H groups in total. The second kappa shape index (κ2) is 8.52. The number of carbonyl (C=O) groups is 1. The summed E-state index contributed by atoms with van der Waals surface area (Å²) in [7, 11) is 4.27. The molecule has 0 aliphatic rings. The summed E-state index contributed by atoms with van der Waals surface area (Å²) >= 11 is 0. The number of halogens is 3. The summed E-state index contributed by atoms with van der Waals surface area (Å²) < 4.78 is 59.4. The van der Waals surface area contributed by atoms with Crippen molar-refractivity contribution in [1.82, 2.24) is 0 Å². The first-order valence-corrected chi connectivity index (χ1v) is 7.69. The first kappa shape index (κ1) is 20.2. The number of benzene rings is 2. The van der Waals surface area contributed by atoms with Crippen molar-refractivity contribution in [3.05, 3.63) is 42.0 Å². The molecule has 0 aromatic heterocycles. The monoisotopic (exact) mass is 385 g/mol. The standard InChI is InChI=1S/C18H18F3NO5/c1-24-14-8-11(9-15(25-2)17(14)26-3)22-16(23)10-27-13-7-5-4-6-12(13)18(19,20)21/h4-9H,10H2,1-3H3,(H,22,23). The minimum absolute atomic E-state index is 0.308. The van der Waals surface area contributed by atoms with Crippen LogP contribution < -0.4 is 24.3 Å². The van der Waals surface area contributed by atoms with Crippen LogP contribution in [0.4, 0.5) is 18.9 Å². The normalized spacial score (nSPS) is 10.9. The second-order valence-electron chi connectivity index (χ2n) is 5.24. The highest BCUT2D eigenvalue weighted by Gasteiger charge is 2.34. The van der Waals surface area contributed by atoms with E-state index in [4.69, 9.17) is 18.9 Å². The van der Waals surface area contributed by atoms with Crippen LogP contribution in [0.25, 0.3) is 0 Å². The number of para-hydroxylation sites is 1. The van der Waals surface area contributed by atoms with Crippen LogP contribution >= 0.6 is 0 Å². The van der Waals surface area contributed by atoms with Gasteiger partial charge in [-0.15, -0.1) is 0 Å². The number of hydrogen-bond acceptors (Lipinski definition) is 5. The van der Waals surface area contributed by atoms with Gasteiger partial charge in [0.05, 0.1) is 26.9 Å². The summed E-state index contributed by atoms with van der Waals surface area (Å²) in [6.07, 6.45) is -4.58. The van der Waals surface area contributed by atoms with Crippen molar-refractivity contribution in [2.45, 2.75) is 6.18 Å². The topological polar surface area (TPSA) is 66.0 Å². The quantitative estimate of drug-likeness (QED) is 0.786. The van der Waals surface area contributed by atoms with Gasteiger partial charge in [-0.05, 0) is 12.1 Å². The van der Waals surface area contributed by atoms with Crippen molar-refractivity contribution in [3.63, 3.8) is 0 Å². The predicted octanol–water partition coefficient (Wildman–Crippen LogP) is 3.75. The van der Waals surface area contributed by atoms with Crippen LogP contribution in [0, 0.1) is 0 Å². The van der Waals surface area contributed by atoms with Gasteiger partial charge in [-0.25, -0.2) is 0 Å². The predicted molar refractivity (Wildman–Crippen MR) is 91.7 cm³/mol. The zero-order chi connectivity index (χ0) is 20.0. The second-order valence-corrected chi connectivity index (χ2v) is 5.24. The molecule has 0 saturated heterocycles. The fourth-order valence-corrected chi connectivity index (χ4v) is 2.32. The number of alkyl halides is 3. The van der Waals surface area contributed by atoms with Crippen molar-refractivity contribution >= 4 is 11.6 Å². The minimum Gasteiger partial charge on any atom is -0.493 e. The molecule has 0 heterocycles. The van der Waals surface area contributed by atoms with E-state index in [0.29, 0.717) is 22.9 Å². The van der Waals surface area contributed by atoms with E-state index in [2.05, 4.69) is 5.32 Å². The molecule has 0 spiro atoms. The molecule has 0 radical (unpaired) electrons. The lowest BCUT2D eigenvalue weighted by Crippen LogP contribution is -2.21. The van der Waals surface area contributed by atoms with Crippen molar-refractivity contribution in [3.8, 4) is 23.0 Å². The van der Waals surface area contributed by atoms with Gasteiger partial charge >= 0.3 is 6.18 Å². The fourth-order valence-electron chi connectivity index (χ4n) is 2.32. The molecule has 2 aromatic rings. The van der Waals surface area contributed by atoms with E-state index in [1.165, 1.54) is 45.6 Å². The molecule has 2 rings (SSSR count). The summed E-state index contributed by atoms with van der Waals surface area (Å²) in [6, 6.07) is 7.64. The average molecular weight is 385 g/mol. The summed E-state index contributed by atoms with van der Waals surface area (Å²) in [5.74, 6) is -0.106. The van der Waals surface area contributed by atoms with E-state index in [0.717, 1.165) is 12.1 Å². The molecule has 2 aromatic carbocycles. The van der Waals surface area contributed by atoms with E-state index in [-0.39, 0.29) is 0 Å². The number of hydrogen-bond donors (Lipinski definition) is 1. The number of nitrogens with one attached hydrogen (secondary N) is 1. The van der Waals surface area contributed by atoms with Crippen LogP contribution in [-0.4, -0.2) is 33.8 Å². The maximum atomic E-state index is 12.9. The maximum absolute atomic E-state index is 12.9. The molecule has 0 atom stereocenters. The van der Waals surface area contributed by atoms with Gasteiger partial charge in [0.15, 0.2) is 18.1 Å². The van der Waals surface area contributed by atoms with Gasteiger partial charge in [0.25, 0.3) is 5.91 Å². The highest BCUT2D eigenvalue weighted by atomic mass is 19.4. The van der Waals surface area contributed by atoms with Gasteiger partial charge in [0.1, 0.15) is 5.75 Å². The summed E-state index contributed by atoms with van der Waals surface area (Å²) in [6.45, 7) is -0.607. The molecule has 0 aliphatic carbocycles. The Balaban J connectivity index is 2.11. The largest absolute Gasteiger partial charge is 0.493 e. The van der Waals surface area contributed by atoms with Crippen LogP contribution in [0.5, 0.6) is 23.0 Å². The Labute approximate surface area is 153 Å². The number of anilines is 1. The molecule has 0 bridgehead atoms. The number of carbonyl (C=O) groups excluding carboxylic acids is 1. The van der Waals surface area contributed by atoms with Crippen molar-refractivity contribution in [2.75, 3.05) is 33.3 Å². The Morgan fingerprint density at radius 2 is 1.56 bits per heavy atom. The molecule has 146 valence electrons. The molecule has 0 aliphatic heterocycles. The van der Waals surface area contributed by atoms with Crippen molar-refractivity contribution < 1.29 is 36.9 Å². The number of ether oxygens (including phenoxy) is 4. The van der Waals surface area contributed by atoms with Gasteiger partial charge in [-0.3, -0.25) is 4.79 Å². The summed E-state index contributed by atoms with van der Waals surface area (Å²) in [4.78, 5) is 12.1. The Hall–Kier alpha value is -3.10. The number of rotatable bonds is 7. The number of amides is 1. The molecule has 1 amide bonds. The van der Waals surface area contributed by atoms with Gasteiger partial charge in [0.2, 0.25) is 5.75 Å². The van der Waals surface area contributed by atoms with Crippen LogP contribution in [0.3, 0.4) is 0 Å². The average Bonchev–Trinajstić information content (AvgIpc) is 2.65. The van der Waals surface area contributed by atoms with Crippen LogP contribution in [-0.2, 0) is 11.0 Å². The van der Waals surface area contributed by atoms with E-state index >= 15 is 0 Å². The molecular weight excluding hydrogens is 367 g/mol. The van der Waals surface area contributed by atoms with Crippen LogP contribution in [0.1, 0.15) is 5.56 Å². The molecule has 27 heavy (non-hydrogen) atoms. The third-order valence-electron chi connectivity index (χ3n) is 3.50. The molecule has 9 heteroatoms. The molecule has 0 unspecified atom stereocenters.